The molecule has 2 unspecified atom stereocenters. The number of esters is 4. The third-order valence-electron chi connectivity index (χ3n) is 18.5. The maximum Gasteiger partial charge on any atom is 0.472 e. The lowest BCUT2D eigenvalue weighted by atomic mass is 10.0. The number of aliphatic hydroxyl groups is 1. The third kappa shape index (κ3) is 72.4. The van der Waals surface area contributed by atoms with Crippen molar-refractivity contribution in [3.8, 4) is 0 Å². The molecular weight excluding hydrogens is 1280 g/mol. The Morgan fingerprint density at radius 1 is 0.276 bits per heavy atom. The molecule has 19 heteroatoms. The van der Waals surface area contributed by atoms with Crippen molar-refractivity contribution in [1.29, 1.82) is 0 Å². The van der Waals surface area contributed by atoms with Crippen LogP contribution < -0.4 is 0 Å². The average molecular weight is 1440 g/mol. The largest absolute Gasteiger partial charge is 0.472 e. The van der Waals surface area contributed by atoms with Gasteiger partial charge in [-0.15, -0.1) is 0 Å². The first-order valence-electron chi connectivity index (χ1n) is 41.1. The Morgan fingerprint density at radius 2 is 0.469 bits per heavy atom. The van der Waals surface area contributed by atoms with E-state index in [9.17, 15) is 43.2 Å². The number of unbranched alkanes of at least 4 members (excludes halogenated alkanes) is 51. The van der Waals surface area contributed by atoms with E-state index in [0.29, 0.717) is 25.7 Å². The summed E-state index contributed by atoms with van der Waals surface area (Å²) in [5, 5.41) is 10.6. The van der Waals surface area contributed by atoms with Crippen LogP contribution in [0.4, 0.5) is 0 Å². The minimum absolute atomic E-state index is 0.107. The normalized spacial score (nSPS) is 13.9. The van der Waals surface area contributed by atoms with Crippen LogP contribution in [0.3, 0.4) is 0 Å². The number of phosphoric acid groups is 2. The van der Waals surface area contributed by atoms with Crippen molar-refractivity contribution in [2.24, 2.45) is 5.92 Å². The summed E-state index contributed by atoms with van der Waals surface area (Å²) >= 11 is 0. The number of carbonyl (C=O) groups excluding carboxylic acids is 4. The number of hydrogen-bond donors (Lipinski definition) is 3. The van der Waals surface area contributed by atoms with Crippen molar-refractivity contribution in [2.75, 3.05) is 39.6 Å². The molecule has 0 radical (unpaired) electrons. The average Bonchev–Trinajstić information content (AvgIpc) is 1.51. The van der Waals surface area contributed by atoms with E-state index in [4.69, 9.17) is 37.0 Å². The number of rotatable bonds is 79. The van der Waals surface area contributed by atoms with Crippen LogP contribution in [0, 0.1) is 5.92 Å². The Bertz CT molecular complexity index is 1870. The summed E-state index contributed by atoms with van der Waals surface area (Å²) in [6.07, 6.45) is 62.6. The van der Waals surface area contributed by atoms with Crippen LogP contribution in [0.1, 0.15) is 420 Å². The monoisotopic (exact) mass is 1440 g/mol. The van der Waals surface area contributed by atoms with Crippen LogP contribution in [0.25, 0.3) is 0 Å². The molecular formula is C79H154O17P2. The van der Waals surface area contributed by atoms with Gasteiger partial charge in [-0.2, -0.15) is 0 Å². The quantitative estimate of drug-likeness (QED) is 0.0222. The first kappa shape index (κ1) is 96.1. The lowest BCUT2D eigenvalue weighted by Crippen LogP contribution is -2.30. The minimum Gasteiger partial charge on any atom is -0.462 e. The van der Waals surface area contributed by atoms with Gasteiger partial charge in [0.25, 0.3) is 0 Å². The molecule has 5 atom stereocenters. The van der Waals surface area contributed by atoms with Gasteiger partial charge in [-0.05, 0) is 31.6 Å². The fraction of sp³-hybridized carbons (Fsp3) is 0.949. The van der Waals surface area contributed by atoms with E-state index in [2.05, 4.69) is 34.6 Å². The van der Waals surface area contributed by atoms with Crippen molar-refractivity contribution in [1.82, 2.24) is 0 Å². The molecule has 0 saturated carbocycles. The first-order chi connectivity index (χ1) is 47.5. The van der Waals surface area contributed by atoms with Gasteiger partial charge in [-0.25, -0.2) is 9.13 Å². The maximum atomic E-state index is 13.1. The molecule has 0 spiro atoms. The second kappa shape index (κ2) is 72.0. The topological polar surface area (TPSA) is 237 Å². The van der Waals surface area contributed by atoms with Crippen LogP contribution in [0.2, 0.25) is 0 Å². The highest BCUT2D eigenvalue weighted by Crippen LogP contribution is 2.45. The molecule has 98 heavy (non-hydrogen) atoms. The van der Waals surface area contributed by atoms with Crippen molar-refractivity contribution < 1.29 is 80.2 Å². The Labute approximate surface area is 600 Å². The van der Waals surface area contributed by atoms with Crippen molar-refractivity contribution in [2.45, 2.75) is 438 Å². The molecule has 17 nitrogen and oxygen atoms in total. The zero-order valence-electron chi connectivity index (χ0n) is 63.9. The van der Waals surface area contributed by atoms with E-state index >= 15 is 0 Å². The van der Waals surface area contributed by atoms with Crippen LogP contribution >= 0.6 is 15.6 Å². The van der Waals surface area contributed by atoms with Gasteiger partial charge < -0.3 is 33.8 Å². The molecule has 0 aliphatic rings. The SMILES string of the molecule is CCCCCCCCCCCCCCCCCCCCCC(=O)O[C@H](COC(=O)CCCCCCCCCCCCCCCCCCCC)COP(=O)(O)OC[C@@H](O)COP(=O)(O)OC[C@@H](COC(=O)CCCCCCCCC)OC(=O)CCCCCCCCCCCCCC(C)C. The molecule has 0 amide bonds. The van der Waals surface area contributed by atoms with Crippen LogP contribution in [-0.2, 0) is 65.4 Å². The van der Waals surface area contributed by atoms with Crippen molar-refractivity contribution in [3.63, 3.8) is 0 Å². The van der Waals surface area contributed by atoms with E-state index in [-0.39, 0.29) is 25.7 Å². The highest BCUT2D eigenvalue weighted by atomic mass is 31.2. The fourth-order valence-corrected chi connectivity index (χ4v) is 13.8. The third-order valence-corrected chi connectivity index (χ3v) is 20.4. The van der Waals surface area contributed by atoms with Gasteiger partial charge in [0.1, 0.15) is 19.3 Å². The summed E-state index contributed by atoms with van der Waals surface area (Å²) in [6.45, 7) is 7.27. The second-order valence-electron chi connectivity index (χ2n) is 28.9. The van der Waals surface area contributed by atoms with Crippen LogP contribution in [0.5, 0.6) is 0 Å². The highest BCUT2D eigenvalue weighted by Gasteiger charge is 2.30. The van der Waals surface area contributed by atoms with Gasteiger partial charge in [-0.3, -0.25) is 37.3 Å². The maximum absolute atomic E-state index is 13.1. The Hall–Kier alpha value is -1.94. The molecule has 0 aromatic heterocycles. The number of phosphoric ester groups is 2. The first-order valence-corrected chi connectivity index (χ1v) is 44.1. The molecule has 0 fully saturated rings. The summed E-state index contributed by atoms with van der Waals surface area (Å²) in [4.78, 5) is 72.8. The van der Waals surface area contributed by atoms with E-state index in [1.54, 1.807) is 0 Å². The van der Waals surface area contributed by atoms with E-state index < -0.39 is 97.5 Å². The summed E-state index contributed by atoms with van der Waals surface area (Å²) in [6, 6.07) is 0. The van der Waals surface area contributed by atoms with Crippen molar-refractivity contribution >= 4 is 39.5 Å². The molecule has 0 rings (SSSR count). The Kier molecular flexibility index (Phi) is 70.6. The van der Waals surface area contributed by atoms with Gasteiger partial charge in [-0.1, -0.05) is 369 Å². The van der Waals surface area contributed by atoms with Gasteiger partial charge in [0.2, 0.25) is 0 Å². The summed E-state index contributed by atoms with van der Waals surface area (Å²) in [5.41, 5.74) is 0. The van der Waals surface area contributed by atoms with Gasteiger partial charge in [0, 0.05) is 25.7 Å². The van der Waals surface area contributed by atoms with Crippen LogP contribution in [-0.4, -0.2) is 96.7 Å². The standard InChI is InChI=1S/C79H154O17P2/c1-6-9-12-15-18-20-22-24-26-28-30-32-34-36-40-44-49-54-59-64-78(83)96-75(69-90-77(82)63-58-53-48-43-39-35-33-31-29-27-25-23-21-19-16-13-10-7-2)71-94-98(87,88)92-67-73(80)66-91-97(85,86)93-70-74(68-89-76(81)62-57-52-46-17-14-11-8-3)95-79(84)65-60-55-50-45-41-37-38-42-47-51-56-61-72(4)5/h72-75,80H,6-71H2,1-5H3,(H,85,86)(H,87,88)/t73-,74+,75+/m0/s1. The predicted octanol–water partition coefficient (Wildman–Crippen LogP) is 23.6. The molecule has 0 saturated heterocycles. The van der Waals surface area contributed by atoms with Crippen LogP contribution in [0.15, 0.2) is 0 Å². The molecule has 0 heterocycles. The molecule has 3 N–H and O–H groups in total. The van der Waals surface area contributed by atoms with E-state index in [1.165, 1.54) is 231 Å². The molecule has 0 aliphatic heterocycles. The number of hydrogen-bond acceptors (Lipinski definition) is 15. The Morgan fingerprint density at radius 3 is 0.694 bits per heavy atom. The molecule has 0 aromatic carbocycles. The summed E-state index contributed by atoms with van der Waals surface area (Å²) < 4.78 is 68.5. The summed E-state index contributed by atoms with van der Waals surface area (Å²) in [5.74, 6) is -1.35. The number of carbonyl (C=O) groups is 4. The highest BCUT2D eigenvalue weighted by molar-refractivity contribution is 7.47. The second-order valence-corrected chi connectivity index (χ2v) is 31.8. The number of ether oxygens (including phenoxy) is 4. The molecule has 0 bridgehead atoms. The van der Waals surface area contributed by atoms with Crippen molar-refractivity contribution in [3.05, 3.63) is 0 Å². The lowest BCUT2D eigenvalue weighted by molar-refractivity contribution is -0.161. The molecule has 0 aromatic rings. The molecule has 0 aliphatic carbocycles. The zero-order valence-corrected chi connectivity index (χ0v) is 65.7. The molecule has 582 valence electrons. The smallest absolute Gasteiger partial charge is 0.462 e. The fourth-order valence-electron chi connectivity index (χ4n) is 12.2. The van der Waals surface area contributed by atoms with Gasteiger partial charge >= 0.3 is 39.5 Å². The van der Waals surface area contributed by atoms with E-state index in [1.807, 2.05) is 0 Å². The van der Waals surface area contributed by atoms with Gasteiger partial charge in [0.05, 0.1) is 26.4 Å². The predicted molar refractivity (Wildman–Crippen MR) is 400 cm³/mol. The van der Waals surface area contributed by atoms with E-state index in [0.717, 1.165) is 109 Å². The lowest BCUT2D eigenvalue weighted by Gasteiger charge is -2.21. The minimum atomic E-state index is -4.96. The zero-order chi connectivity index (χ0) is 71.9. The van der Waals surface area contributed by atoms with Gasteiger partial charge in [0.15, 0.2) is 12.2 Å². The summed E-state index contributed by atoms with van der Waals surface area (Å²) in [7, 11) is -9.91. The Balaban J connectivity index is 5.18. The number of aliphatic hydroxyl groups excluding tert-OH is 1.